The van der Waals surface area contributed by atoms with Crippen LogP contribution >= 0.6 is 15.9 Å². The smallest absolute Gasteiger partial charge is 0.130 e. The van der Waals surface area contributed by atoms with E-state index < -0.39 is 0 Å². The molecule has 94 valence electrons. The van der Waals surface area contributed by atoms with E-state index in [0.29, 0.717) is 11.1 Å². The van der Waals surface area contributed by atoms with Gasteiger partial charge >= 0.3 is 0 Å². The first-order valence-electron chi connectivity index (χ1n) is 6.11. The van der Waals surface area contributed by atoms with Crippen molar-refractivity contribution in [2.45, 2.75) is 25.1 Å². The van der Waals surface area contributed by atoms with Crippen molar-refractivity contribution in [3.8, 4) is 0 Å². The van der Waals surface area contributed by atoms with Crippen LogP contribution in [-0.2, 0) is 6.42 Å². The van der Waals surface area contributed by atoms with Crippen LogP contribution in [-0.4, -0.2) is 0 Å². The summed E-state index contributed by atoms with van der Waals surface area (Å²) in [5, 5.41) is 0. The van der Waals surface area contributed by atoms with Gasteiger partial charge in [0.1, 0.15) is 5.82 Å². The van der Waals surface area contributed by atoms with E-state index in [-0.39, 0.29) is 10.6 Å². The molecule has 1 unspecified atom stereocenters. The molecule has 2 heteroatoms. The molecule has 0 saturated carbocycles. The Hall–Kier alpha value is -1.15. The average molecular weight is 307 g/mol. The van der Waals surface area contributed by atoms with Gasteiger partial charge < -0.3 is 0 Å². The van der Waals surface area contributed by atoms with Gasteiger partial charge in [-0.3, -0.25) is 0 Å². The molecule has 0 N–H and O–H groups in total. The second-order valence-electron chi connectivity index (χ2n) is 4.44. The Morgan fingerprint density at radius 2 is 1.78 bits per heavy atom. The molecule has 0 nitrogen and oxygen atoms in total. The van der Waals surface area contributed by atoms with Crippen molar-refractivity contribution in [3.05, 3.63) is 70.5 Å². The molecular formula is C16H16BrF. The number of rotatable bonds is 3. The lowest BCUT2D eigenvalue weighted by Crippen LogP contribution is -1.98. The summed E-state index contributed by atoms with van der Waals surface area (Å²) in [6.45, 7) is 3.92. The summed E-state index contributed by atoms with van der Waals surface area (Å²) in [6, 6.07) is 13.8. The van der Waals surface area contributed by atoms with Gasteiger partial charge in [0, 0.05) is 5.56 Å². The van der Waals surface area contributed by atoms with Gasteiger partial charge in [0.15, 0.2) is 0 Å². The lowest BCUT2D eigenvalue weighted by Gasteiger charge is -2.13. The van der Waals surface area contributed by atoms with Crippen molar-refractivity contribution in [2.75, 3.05) is 0 Å². The molecule has 0 aliphatic rings. The first-order chi connectivity index (χ1) is 8.63. The molecule has 0 radical (unpaired) electrons. The zero-order chi connectivity index (χ0) is 13.1. The number of aryl methyl sites for hydroxylation is 2. The van der Waals surface area contributed by atoms with E-state index in [1.807, 2.05) is 12.1 Å². The third-order valence-corrected chi connectivity index (χ3v) is 4.20. The van der Waals surface area contributed by atoms with Crippen molar-refractivity contribution >= 4 is 15.9 Å². The van der Waals surface area contributed by atoms with Gasteiger partial charge in [0.2, 0.25) is 0 Å². The van der Waals surface area contributed by atoms with Crippen LogP contribution in [0.5, 0.6) is 0 Å². The van der Waals surface area contributed by atoms with Gasteiger partial charge in [0.05, 0.1) is 4.83 Å². The predicted molar refractivity (Wildman–Crippen MR) is 77.7 cm³/mol. The largest absolute Gasteiger partial charge is 0.206 e. The van der Waals surface area contributed by atoms with Gasteiger partial charge in [-0.05, 0) is 30.0 Å². The van der Waals surface area contributed by atoms with Crippen LogP contribution in [0.3, 0.4) is 0 Å². The molecule has 0 aliphatic heterocycles. The van der Waals surface area contributed by atoms with Crippen LogP contribution in [0.1, 0.15) is 34.0 Å². The molecule has 0 aromatic heterocycles. The molecule has 1 atom stereocenters. The zero-order valence-corrected chi connectivity index (χ0v) is 12.2. The Morgan fingerprint density at radius 3 is 2.39 bits per heavy atom. The van der Waals surface area contributed by atoms with Crippen molar-refractivity contribution < 1.29 is 4.39 Å². The minimum Gasteiger partial charge on any atom is -0.206 e. The highest BCUT2D eigenvalue weighted by molar-refractivity contribution is 9.09. The lowest BCUT2D eigenvalue weighted by molar-refractivity contribution is 0.604. The minimum absolute atomic E-state index is 0.0942. The van der Waals surface area contributed by atoms with E-state index in [9.17, 15) is 4.39 Å². The summed E-state index contributed by atoms with van der Waals surface area (Å²) in [5.74, 6) is -0.126. The van der Waals surface area contributed by atoms with Gasteiger partial charge in [-0.1, -0.05) is 65.3 Å². The normalized spacial score (nSPS) is 12.4. The van der Waals surface area contributed by atoms with E-state index in [4.69, 9.17) is 0 Å². The minimum atomic E-state index is -0.126. The molecule has 18 heavy (non-hydrogen) atoms. The van der Waals surface area contributed by atoms with Crippen LogP contribution in [0.15, 0.2) is 42.5 Å². The van der Waals surface area contributed by atoms with E-state index >= 15 is 0 Å². The highest BCUT2D eigenvalue weighted by Gasteiger charge is 2.15. The van der Waals surface area contributed by atoms with Gasteiger partial charge in [-0.15, -0.1) is 0 Å². The first kappa shape index (κ1) is 13.3. The standard InChI is InChI=1S/C16H16BrF/c1-3-12-7-9-13(10-8-12)15(17)14-6-4-5-11(2)16(14)18/h4-10,15H,3H2,1-2H3. The average Bonchev–Trinajstić information content (AvgIpc) is 2.41. The van der Waals surface area contributed by atoms with Crippen LogP contribution in [0.2, 0.25) is 0 Å². The van der Waals surface area contributed by atoms with Crippen LogP contribution in [0, 0.1) is 12.7 Å². The van der Waals surface area contributed by atoms with Crippen LogP contribution in [0.4, 0.5) is 4.39 Å². The lowest BCUT2D eigenvalue weighted by atomic mass is 10.0. The predicted octanol–water partition coefficient (Wildman–Crippen LogP) is 5.18. The van der Waals surface area contributed by atoms with E-state index in [2.05, 4.69) is 47.1 Å². The molecule has 0 heterocycles. The quantitative estimate of drug-likeness (QED) is 0.685. The summed E-state index contributed by atoms with van der Waals surface area (Å²) >= 11 is 3.59. The second kappa shape index (κ2) is 5.66. The molecular weight excluding hydrogens is 291 g/mol. The summed E-state index contributed by atoms with van der Waals surface area (Å²) in [5.41, 5.74) is 3.75. The van der Waals surface area contributed by atoms with Gasteiger partial charge in [-0.2, -0.15) is 0 Å². The fraction of sp³-hybridized carbons (Fsp3) is 0.250. The molecule has 0 spiro atoms. The van der Waals surface area contributed by atoms with E-state index in [1.165, 1.54) is 5.56 Å². The fourth-order valence-corrected chi connectivity index (χ4v) is 2.63. The van der Waals surface area contributed by atoms with E-state index in [0.717, 1.165) is 12.0 Å². The topological polar surface area (TPSA) is 0 Å². The van der Waals surface area contributed by atoms with Crippen molar-refractivity contribution in [1.29, 1.82) is 0 Å². The maximum absolute atomic E-state index is 14.1. The number of alkyl halides is 1. The summed E-state index contributed by atoms with van der Waals surface area (Å²) < 4.78 is 14.1. The maximum atomic E-state index is 14.1. The Labute approximate surface area is 116 Å². The molecule has 0 aliphatic carbocycles. The molecule has 0 fully saturated rings. The van der Waals surface area contributed by atoms with Crippen molar-refractivity contribution in [2.24, 2.45) is 0 Å². The monoisotopic (exact) mass is 306 g/mol. The molecule has 2 rings (SSSR count). The van der Waals surface area contributed by atoms with E-state index in [1.54, 1.807) is 13.0 Å². The van der Waals surface area contributed by atoms with Crippen LogP contribution in [0.25, 0.3) is 0 Å². The Kier molecular flexibility index (Phi) is 4.18. The molecule has 0 bridgehead atoms. The second-order valence-corrected chi connectivity index (χ2v) is 5.35. The first-order valence-corrected chi connectivity index (χ1v) is 7.03. The highest BCUT2D eigenvalue weighted by atomic mass is 79.9. The SMILES string of the molecule is CCc1ccc(C(Br)c2cccc(C)c2F)cc1. The number of benzene rings is 2. The van der Waals surface area contributed by atoms with Crippen molar-refractivity contribution in [3.63, 3.8) is 0 Å². The molecule has 0 amide bonds. The number of hydrogen-bond acceptors (Lipinski definition) is 0. The van der Waals surface area contributed by atoms with Crippen molar-refractivity contribution in [1.82, 2.24) is 0 Å². The summed E-state index contributed by atoms with van der Waals surface area (Å²) in [4.78, 5) is -0.0942. The molecule has 0 saturated heterocycles. The van der Waals surface area contributed by atoms with Crippen LogP contribution < -0.4 is 0 Å². The number of halogens is 2. The Morgan fingerprint density at radius 1 is 1.11 bits per heavy atom. The number of hydrogen-bond donors (Lipinski definition) is 0. The van der Waals surface area contributed by atoms with Gasteiger partial charge in [0.25, 0.3) is 0 Å². The zero-order valence-electron chi connectivity index (χ0n) is 10.6. The third kappa shape index (κ3) is 2.64. The summed E-state index contributed by atoms with van der Waals surface area (Å²) in [7, 11) is 0. The highest BCUT2D eigenvalue weighted by Crippen LogP contribution is 2.33. The fourth-order valence-electron chi connectivity index (χ4n) is 1.97. The van der Waals surface area contributed by atoms with Gasteiger partial charge in [-0.25, -0.2) is 4.39 Å². The Bertz CT molecular complexity index is 531. The maximum Gasteiger partial charge on any atom is 0.130 e. The Balaban J connectivity index is 2.35. The third-order valence-electron chi connectivity index (χ3n) is 3.18. The molecule has 2 aromatic carbocycles. The molecule has 2 aromatic rings. The summed E-state index contributed by atoms with van der Waals surface area (Å²) in [6.07, 6.45) is 1.02.